The number of hydrogen-bond donors (Lipinski definition) is 0. The van der Waals surface area contributed by atoms with Crippen molar-refractivity contribution in [1.29, 1.82) is 0 Å². The van der Waals surface area contributed by atoms with Crippen LogP contribution in [0.3, 0.4) is 0 Å². The summed E-state index contributed by atoms with van der Waals surface area (Å²) in [6.45, 7) is 1.83. The molecule has 0 aliphatic carbocycles. The van der Waals surface area contributed by atoms with Crippen molar-refractivity contribution in [3.8, 4) is 11.5 Å². The Morgan fingerprint density at radius 3 is 2.79 bits per heavy atom. The van der Waals surface area contributed by atoms with Gasteiger partial charge in [0.2, 0.25) is 11.7 Å². The lowest BCUT2D eigenvalue weighted by Gasteiger charge is -2.06. The SMILES string of the molecule is Cc1ccc2ncc(-c3noc(Cn4c(=O)c5c(ncn5C)n(C)c4=O)n3)n2c1. The quantitative estimate of drug-likeness (QED) is 0.438. The van der Waals surface area contributed by atoms with Crippen LogP contribution >= 0.6 is 0 Å². The second kappa shape index (κ2) is 5.99. The fourth-order valence-corrected chi connectivity index (χ4v) is 3.35. The molecule has 0 atom stereocenters. The molecule has 0 N–H and O–H groups in total. The van der Waals surface area contributed by atoms with E-state index >= 15 is 0 Å². The van der Waals surface area contributed by atoms with Gasteiger partial charge in [-0.2, -0.15) is 4.98 Å². The van der Waals surface area contributed by atoms with Crippen LogP contribution in [-0.4, -0.2) is 38.2 Å². The van der Waals surface area contributed by atoms with Crippen LogP contribution in [0.25, 0.3) is 28.3 Å². The third-order valence-electron chi connectivity index (χ3n) is 4.85. The number of hydrogen-bond acceptors (Lipinski definition) is 7. The Morgan fingerprint density at radius 2 is 1.97 bits per heavy atom. The van der Waals surface area contributed by atoms with E-state index in [9.17, 15) is 9.59 Å². The van der Waals surface area contributed by atoms with Gasteiger partial charge in [-0.1, -0.05) is 11.2 Å². The first kappa shape index (κ1) is 17.1. The summed E-state index contributed by atoms with van der Waals surface area (Å²) in [6, 6.07) is 3.86. The van der Waals surface area contributed by atoms with Crippen LogP contribution in [0.4, 0.5) is 0 Å². The smallest absolute Gasteiger partial charge is 0.332 e. The molecule has 0 saturated carbocycles. The molecule has 29 heavy (non-hydrogen) atoms. The van der Waals surface area contributed by atoms with Crippen molar-refractivity contribution in [3.05, 3.63) is 63.1 Å². The molecular formula is C18H16N8O3. The predicted molar refractivity (Wildman–Crippen MR) is 103 cm³/mol. The van der Waals surface area contributed by atoms with Crippen molar-refractivity contribution in [1.82, 2.24) is 38.2 Å². The van der Waals surface area contributed by atoms with Crippen molar-refractivity contribution in [3.63, 3.8) is 0 Å². The van der Waals surface area contributed by atoms with E-state index in [0.29, 0.717) is 22.7 Å². The standard InChI is InChI=1S/C18H16N8O3/c1-10-4-5-12-19-6-11(25(12)7-10)15-21-13(29-22-15)8-26-17(27)14-16(20-9-23(14)2)24(3)18(26)28/h4-7,9H,8H2,1-3H3. The Labute approximate surface area is 162 Å². The van der Waals surface area contributed by atoms with E-state index in [1.54, 1.807) is 24.9 Å². The molecule has 0 amide bonds. The van der Waals surface area contributed by atoms with Crippen molar-refractivity contribution < 1.29 is 4.52 Å². The van der Waals surface area contributed by atoms with E-state index in [-0.39, 0.29) is 12.4 Å². The van der Waals surface area contributed by atoms with Crippen molar-refractivity contribution >= 4 is 16.8 Å². The van der Waals surface area contributed by atoms with Gasteiger partial charge < -0.3 is 9.09 Å². The summed E-state index contributed by atoms with van der Waals surface area (Å²) < 4.78 is 11.1. The van der Waals surface area contributed by atoms with E-state index in [4.69, 9.17) is 4.52 Å². The average Bonchev–Trinajstić information content (AvgIpc) is 3.41. The van der Waals surface area contributed by atoms with Crippen LogP contribution in [0.1, 0.15) is 11.5 Å². The summed E-state index contributed by atoms with van der Waals surface area (Å²) in [5.74, 6) is 0.466. The molecule has 5 rings (SSSR count). The third-order valence-corrected chi connectivity index (χ3v) is 4.85. The minimum Gasteiger partial charge on any atom is -0.337 e. The molecule has 0 radical (unpaired) electrons. The fourth-order valence-electron chi connectivity index (χ4n) is 3.35. The van der Waals surface area contributed by atoms with Gasteiger partial charge in [0, 0.05) is 20.3 Å². The first-order valence-corrected chi connectivity index (χ1v) is 8.81. The van der Waals surface area contributed by atoms with Gasteiger partial charge in [-0.05, 0) is 18.6 Å². The van der Waals surface area contributed by atoms with E-state index in [0.717, 1.165) is 15.8 Å². The van der Waals surface area contributed by atoms with Crippen LogP contribution in [0.15, 0.2) is 45.0 Å². The highest BCUT2D eigenvalue weighted by Crippen LogP contribution is 2.18. The Hall–Kier alpha value is -4.02. The van der Waals surface area contributed by atoms with Crippen LogP contribution in [0, 0.1) is 6.92 Å². The number of aryl methyl sites for hydroxylation is 3. The topological polar surface area (TPSA) is 118 Å². The molecular weight excluding hydrogens is 376 g/mol. The largest absolute Gasteiger partial charge is 0.337 e. The van der Waals surface area contributed by atoms with Gasteiger partial charge in [0.25, 0.3) is 5.56 Å². The molecule has 11 heteroatoms. The van der Waals surface area contributed by atoms with Gasteiger partial charge in [-0.3, -0.25) is 13.8 Å². The second-order valence-electron chi connectivity index (χ2n) is 6.85. The summed E-state index contributed by atoms with van der Waals surface area (Å²) in [6.07, 6.45) is 5.06. The van der Waals surface area contributed by atoms with Gasteiger partial charge >= 0.3 is 5.69 Å². The zero-order chi connectivity index (χ0) is 20.3. The number of nitrogens with zero attached hydrogens (tertiary/aromatic N) is 8. The zero-order valence-corrected chi connectivity index (χ0v) is 15.9. The summed E-state index contributed by atoms with van der Waals surface area (Å²) >= 11 is 0. The first-order valence-electron chi connectivity index (χ1n) is 8.81. The number of fused-ring (bicyclic) bond motifs is 2. The third kappa shape index (κ3) is 2.51. The van der Waals surface area contributed by atoms with Crippen LogP contribution in [0.5, 0.6) is 0 Å². The molecule has 0 aliphatic rings. The molecule has 0 spiro atoms. The molecule has 0 fully saturated rings. The van der Waals surface area contributed by atoms with E-state index in [1.165, 1.54) is 10.9 Å². The molecule has 0 saturated heterocycles. The highest BCUT2D eigenvalue weighted by molar-refractivity contribution is 5.69. The van der Waals surface area contributed by atoms with Gasteiger partial charge in [-0.25, -0.2) is 19.3 Å². The Bertz CT molecular complexity index is 1510. The summed E-state index contributed by atoms with van der Waals surface area (Å²) in [4.78, 5) is 38.3. The van der Waals surface area contributed by atoms with E-state index in [1.807, 2.05) is 29.7 Å². The minimum atomic E-state index is -0.508. The first-order chi connectivity index (χ1) is 13.9. The van der Waals surface area contributed by atoms with Crippen molar-refractivity contribution in [2.24, 2.45) is 14.1 Å². The maximum atomic E-state index is 12.8. The van der Waals surface area contributed by atoms with Gasteiger partial charge in [0.05, 0.1) is 12.5 Å². The Balaban J connectivity index is 1.59. The fraction of sp³-hybridized carbons (Fsp3) is 0.222. The molecule has 0 bridgehead atoms. The maximum absolute atomic E-state index is 12.8. The Morgan fingerprint density at radius 1 is 1.14 bits per heavy atom. The highest BCUT2D eigenvalue weighted by Gasteiger charge is 2.19. The monoisotopic (exact) mass is 392 g/mol. The highest BCUT2D eigenvalue weighted by atomic mass is 16.5. The van der Waals surface area contributed by atoms with Crippen molar-refractivity contribution in [2.45, 2.75) is 13.5 Å². The van der Waals surface area contributed by atoms with Crippen LogP contribution < -0.4 is 11.2 Å². The molecule has 0 aliphatic heterocycles. The normalized spacial score (nSPS) is 11.7. The second-order valence-corrected chi connectivity index (χ2v) is 6.85. The number of rotatable bonds is 3. The molecule has 146 valence electrons. The molecule has 5 heterocycles. The number of aromatic nitrogens is 8. The lowest BCUT2D eigenvalue weighted by molar-refractivity contribution is 0.367. The maximum Gasteiger partial charge on any atom is 0.332 e. The number of imidazole rings is 2. The molecule has 0 unspecified atom stereocenters. The van der Waals surface area contributed by atoms with Gasteiger partial charge in [0.15, 0.2) is 11.2 Å². The lowest BCUT2D eigenvalue weighted by atomic mass is 10.3. The van der Waals surface area contributed by atoms with E-state index in [2.05, 4.69) is 20.1 Å². The lowest BCUT2D eigenvalue weighted by Crippen LogP contribution is -2.39. The molecule has 0 aromatic carbocycles. The summed E-state index contributed by atoms with van der Waals surface area (Å²) in [7, 11) is 3.26. The number of pyridine rings is 1. The van der Waals surface area contributed by atoms with Crippen molar-refractivity contribution in [2.75, 3.05) is 0 Å². The zero-order valence-electron chi connectivity index (χ0n) is 15.9. The average molecular weight is 392 g/mol. The molecule has 11 nitrogen and oxygen atoms in total. The Kier molecular flexibility index (Phi) is 3.53. The summed E-state index contributed by atoms with van der Waals surface area (Å²) in [5.41, 5.74) is 2.14. The molecule has 5 aromatic heterocycles. The summed E-state index contributed by atoms with van der Waals surface area (Å²) in [5, 5.41) is 4.00. The van der Waals surface area contributed by atoms with Gasteiger partial charge in [-0.15, -0.1) is 0 Å². The minimum absolute atomic E-state index is 0.142. The van der Waals surface area contributed by atoms with Crippen LogP contribution in [-0.2, 0) is 20.6 Å². The van der Waals surface area contributed by atoms with Gasteiger partial charge in [0.1, 0.15) is 17.9 Å². The van der Waals surface area contributed by atoms with Crippen LogP contribution in [0.2, 0.25) is 0 Å². The molecule has 5 aromatic rings. The van der Waals surface area contributed by atoms with E-state index < -0.39 is 11.2 Å². The predicted octanol–water partition coefficient (Wildman–Crippen LogP) is 0.488.